The summed E-state index contributed by atoms with van der Waals surface area (Å²) >= 11 is 4.90. The predicted octanol–water partition coefficient (Wildman–Crippen LogP) is 4.07. The van der Waals surface area contributed by atoms with Crippen molar-refractivity contribution in [2.45, 2.75) is 24.3 Å². The van der Waals surface area contributed by atoms with Gasteiger partial charge in [-0.2, -0.15) is 13.2 Å². The van der Waals surface area contributed by atoms with E-state index in [2.05, 4.69) is 20.9 Å². The second kappa shape index (κ2) is 5.22. The Morgan fingerprint density at radius 1 is 1.45 bits per heavy atom. The first-order valence-corrected chi connectivity index (χ1v) is 8.33. The average molecular weight is 368 g/mol. The van der Waals surface area contributed by atoms with Gasteiger partial charge in [0.2, 0.25) is 0 Å². The van der Waals surface area contributed by atoms with Crippen LogP contribution in [-0.2, 0) is 5.33 Å². The minimum absolute atomic E-state index is 0.00827. The van der Waals surface area contributed by atoms with Crippen LogP contribution < -0.4 is 4.90 Å². The van der Waals surface area contributed by atoms with Gasteiger partial charge in [0.1, 0.15) is 0 Å². The molecule has 8 heteroatoms. The van der Waals surface area contributed by atoms with E-state index >= 15 is 0 Å². The van der Waals surface area contributed by atoms with Crippen molar-refractivity contribution in [3.05, 3.63) is 17.3 Å². The minimum atomic E-state index is -4.12. The van der Waals surface area contributed by atoms with E-state index < -0.39 is 12.1 Å². The molecule has 0 N–H and O–H groups in total. The molecular weight excluding hydrogens is 355 g/mol. The van der Waals surface area contributed by atoms with E-state index in [-0.39, 0.29) is 13.0 Å². The number of imidazole rings is 1. The zero-order chi connectivity index (χ0) is 14.3. The van der Waals surface area contributed by atoms with Crippen LogP contribution in [0.1, 0.15) is 18.5 Å². The van der Waals surface area contributed by atoms with E-state index in [1.165, 1.54) is 11.3 Å². The number of nitrogens with zero attached hydrogens (tertiary/aromatic N) is 3. The van der Waals surface area contributed by atoms with Gasteiger partial charge in [-0.15, -0.1) is 11.3 Å². The smallest absolute Gasteiger partial charge is 0.354 e. The molecule has 0 bridgehead atoms. The van der Waals surface area contributed by atoms with Crippen molar-refractivity contribution < 1.29 is 13.2 Å². The van der Waals surface area contributed by atoms with Gasteiger partial charge in [0.05, 0.1) is 11.6 Å². The van der Waals surface area contributed by atoms with E-state index in [0.717, 1.165) is 10.7 Å². The zero-order valence-corrected chi connectivity index (χ0v) is 12.9. The van der Waals surface area contributed by atoms with Gasteiger partial charge in [-0.1, -0.05) is 15.9 Å². The van der Waals surface area contributed by atoms with E-state index in [4.69, 9.17) is 0 Å². The molecule has 1 aliphatic heterocycles. The van der Waals surface area contributed by atoms with Gasteiger partial charge in [-0.25, -0.2) is 4.98 Å². The molecular formula is C12H13BrF3N3S. The maximum atomic E-state index is 12.9. The number of piperidine rings is 1. The summed E-state index contributed by atoms with van der Waals surface area (Å²) in [4.78, 5) is 7.09. The summed E-state index contributed by atoms with van der Waals surface area (Å²) in [5.74, 6) is -0.568. The van der Waals surface area contributed by atoms with Crippen molar-refractivity contribution >= 4 is 38.0 Å². The van der Waals surface area contributed by atoms with Gasteiger partial charge in [0.25, 0.3) is 0 Å². The van der Waals surface area contributed by atoms with Gasteiger partial charge in [-0.3, -0.25) is 4.40 Å². The molecule has 0 amide bonds. The predicted molar refractivity (Wildman–Crippen MR) is 76.7 cm³/mol. The monoisotopic (exact) mass is 367 g/mol. The molecule has 110 valence electrons. The summed E-state index contributed by atoms with van der Waals surface area (Å²) < 4.78 is 40.6. The molecule has 0 aromatic carbocycles. The Bertz CT molecular complexity index is 607. The third-order valence-electron chi connectivity index (χ3n) is 3.65. The second-order valence-electron chi connectivity index (χ2n) is 4.90. The lowest BCUT2D eigenvalue weighted by Gasteiger charge is -2.34. The highest BCUT2D eigenvalue weighted by Gasteiger charge is 2.42. The highest BCUT2D eigenvalue weighted by atomic mass is 79.9. The third-order valence-corrected chi connectivity index (χ3v) is 4.94. The quantitative estimate of drug-likeness (QED) is 0.745. The Morgan fingerprint density at radius 3 is 2.95 bits per heavy atom. The highest BCUT2D eigenvalue weighted by Crippen LogP contribution is 2.36. The number of halogens is 4. The van der Waals surface area contributed by atoms with Crippen LogP contribution in [-0.4, -0.2) is 28.7 Å². The fourth-order valence-corrected chi connectivity index (χ4v) is 3.88. The fourth-order valence-electron chi connectivity index (χ4n) is 2.64. The Kier molecular flexibility index (Phi) is 3.70. The van der Waals surface area contributed by atoms with Crippen LogP contribution in [0.3, 0.4) is 0 Å². The van der Waals surface area contributed by atoms with Gasteiger partial charge in [-0.05, 0) is 12.8 Å². The third kappa shape index (κ3) is 2.43. The van der Waals surface area contributed by atoms with E-state index in [0.29, 0.717) is 24.1 Å². The number of hydrogen-bond donors (Lipinski definition) is 0. The minimum Gasteiger partial charge on any atom is -0.354 e. The summed E-state index contributed by atoms with van der Waals surface area (Å²) in [7, 11) is 0. The topological polar surface area (TPSA) is 20.5 Å². The SMILES string of the molecule is FC(F)(F)C1CCCN(c2nc3sccn3c2CBr)C1. The van der Waals surface area contributed by atoms with Crippen LogP contribution in [0, 0.1) is 5.92 Å². The number of hydrogen-bond acceptors (Lipinski definition) is 3. The summed E-state index contributed by atoms with van der Waals surface area (Å²) in [6.07, 6.45) is -1.45. The Balaban J connectivity index is 1.92. The van der Waals surface area contributed by atoms with E-state index in [9.17, 15) is 13.2 Å². The van der Waals surface area contributed by atoms with Crippen LogP contribution in [0.4, 0.5) is 19.0 Å². The lowest BCUT2D eigenvalue weighted by atomic mass is 9.97. The Hall–Kier alpha value is -0.760. The molecule has 1 fully saturated rings. The highest BCUT2D eigenvalue weighted by molar-refractivity contribution is 9.08. The van der Waals surface area contributed by atoms with Gasteiger partial charge < -0.3 is 4.90 Å². The molecule has 3 rings (SSSR count). The summed E-state index contributed by atoms with van der Waals surface area (Å²) in [5, 5.41) is 2.50. The molecule has 0 aliphatic carbocycles. The lowest BCUT2D eigenvalue weighted by molar-refractivity contribution is -0.176. The number of fused-ring (bicyclic) bond motifs is 1. The Labute approximate surface area is 126 Å². The van der Waals surface area contributed by atoms with Crippen molar-refractivity contribution in [2.24, 2.45) is 5.92 Å². The maximum absolute atomic E-state index is 12.9. The number of alkyl halides is 4. The van der Waals surface area contributed by atoms with Crippen molar-refractivity contribution in [1.82, 2.24) is 9.38 Å². The molecule has 1 saturated heterocycles. The largest absolute Gasteiger partial charge is 0.393 e. The van der Waals surface area contributed by atoms with Crippen LogP contribution >= 0.6 is 27.3 Å². The van der Waals surface area contributed by atoms with Crippen molar-refractivity contribution in [3.8, 4) is 0 Å². The van der Waals surface area contributed by atoms with Crippen molar-refractivity contribution in [2.75, 3.05) is 18.0 Å². The zero-order valence-electron chi connectivity index (χ0n) is 10.5. The summed E-state index contributed by atoms with van der Waals surface area (Å²) in [5.41, 5.74) is 0.920. The Morgan fingerprint density at radius 2 is 2.25 bits per heavy atom. The molecule has 1 atom stereocenters. The molecule has 3 heterocycles. The first-order valence-electron chi connectivity index (χ1n) is 6.32. The molecule has 2 aromatic rings. The lowest BCUT2D eigenvalue weighted by Crippen LogP contribution is -2.42. The van der Waals surface area contributed by atoms with Crippen LogP contribution in [0.5, 0.6) is 0 Å². The number of anilines is 1. The van der Waals surface area contributed by atoms with Gasteiger partial charge in [0, 0.05) is 30.0 Å². The summed E-state index contributed by atoms with van der Waals surface area (Å²) in [6.45, 7) is 0.645. The second-order valence-corrected chi connectivity index (χ2v) is 6.33. The van der Waals surface area contributed by atoms with Crippen molar-refractivity contribution in [3.63, 3.8) is 0 Å². The van der Waals surface area contributed by atoms with E-state index in [1.54, 1.807) is 4.90 Å². The average Bonchev–Trinajstić information content (AvgIpc) is 2.97. The molecule has 3 nitrogen and oxygen atoms in total. The number of aromatic nitrogens is 2. The molecule has 1 unspecified atom stereocenters. The molecule has 20 heavy (non-hydrogen) atoms. The first kappa shape index (κ1) is 14.2. The molecule has 0 radical (unpaired) electrons. The fraction of sp³-hybridized carbons (Fsp3) is 0.583. The van der Waals surface area contributed by atoms with Crippen LogP contribution in [0.15, 0.2) is 11.6 Å². The molecule has 2 aromatic heterocycles. The van der Waals surface area contributed by atoms with Gasteiger partial charge >= 0.3 is 6.18 Å². The van der Waals surface area contributed by atoms with E-state index in [1.807, 2.05) is 16.0 Å². The summed E-state index contributed by atoms with van der Waals surface area (Å²) in [6, 6.07) is 0. The van der Waals surface area contributed by atoms with Crippen LogP contribution in [0.2, 0.25) is 0 Å². The molecule has 0 spiro atoms. The standard InChI is InChI=1S/C12H13BrF3N3S/c13-6-9-10(17-11-19(9)4-5-20-11)18-3-1-2-8(7-18)12(14,15)16/h4-5,8H,1-3,6-7H2. The number of rotatable bonds is 2. The normalized spacial score (nSPS) is 20.8. The maximum Gasteiger partial charge on any atom is 0.393 e. The molecule has 1 aliphatic rings. The van der Waals surface area contributed by atoms with Crippen molar-refractivity contribution in [1.29, 1.82) is 0 Å². The number of thiazole rings is 1. The van der Waals surface area contributed by atoms with Gasteiger partial charge in [0.15, 0.2) is 10.8 Å². The van der Waals surface area contributed by atoms with Crippen LogP contribution in [0.25, 0.3) is 4.96 Å². The first-order chi connectivity index (χ1) is 9.50. The molecule has 0 saturated carbocycles.